The predicted molar refractivity (Wildman–Crippen MR) is 252 cm³/mol. The molecule has 0 saturated carbocycles. The molecule has 4 amide bonds. The monoisotopic (exact) mass is 903 g/mol. The number of likely N-dealkylation sites (tertiary alicyclic amines) is 1. The average molecular weight is 903 g/mol. The number of amides is 4. The van der Waals surface area contributed by atoms with Crippen LogP contribution in [0.15, 0.2) is 54.7 Å². The van der Waals surface area contributed by atoms with Crippen molar-refractivity contribution in [3.05, 3.63) is 71.5 Å². The molecular formula is C51H66N8O7. The van der Waals surface area contributed by atoms with Crippen molar-refractivity contribution in [2.45, 2.75) is 117 Å². The Morgan fingerprint density at radius 1 is 1.03 bits per heavy atom. The maximum atomic E-state index is 14.7. The maximum Gasteiger partial charge on any atom is 0.324 e. The Morgan fingerprint density at radius 3 is 2.52 bits per heavy atom. The second kappa shape index (κ2) is 18.8. The molecule has 2 aromatic carbocycles. The van der Waals surface area contributed by atoms with Crippen LogP contribution < -0.4 is 16.1 Å². The van der Waals surface area contributed by atoms with Crippen LogP contribution in [0.4, 0.5) is 0 Å². The van der Waals surface area contributed by atoms with E-state index in [4.69, 9.17) is 9.72 Å². The first-order valence-electron chi connectivity index (χ1n) is 23.7. The molecule has 5 atom stereocenters. The second-order valence-electron chi connectivity index (χ2n) is 20.2. The highest BCUT2D eigenvalue weighted by atomic mass is 16.5. The van der Waals surface area contributed by atoms with Crippen molar-refractivity contribution in [2.24, 2.45) is 17.3 Å². The van der Waals surface area contributed by atoms with E-state index in [9.17, 15) is 29.1 Å². The number of hydrazine groups is 1. The van der Waals surface area contributed by atoms with Gasteiger partial charge in [0.1, 0.15) is 23.9 Å². The van der Waals surface area contributed by atoms with Crippen molar-refractivity contribution >= 4 is 40.5 Å². The van der Waals surface area contributed by atoms with Crippen LogP contribution in [0.5, 0.6) is 5.75 Å². The van der Waals surface area contributed by atoms with Crippen LogP contribution >= 0.6 is 0 Å². The number of phenolic OH excluding ortho intramolecular Hbond substituents is 1. The summed E-state index contributed by atoms with van der Waals surface area (Å²) in [4.78, 5) is 78.0. The molecule has 3 fully saturated rings. The van der Waals surface area contributed by atoms with Gasteiger partial charge in [-0.2, -0.15) is 0 Å². The van der Waals surface area contributed by atoms with Gasteiger partial charge in [0.2, 0.25) is 17.7 Å². The zero-order chi connectivity index (χ0) is 47.2. The van der Waals surface area contributed by atoms with Crippen molar-refractivity contribution in [2.75, 3.05) is 39.8 Å². The van der Waals surface area contributed by atoms with Crippen LogP contribution in [0, 0.1) is 17.3 Å². The van der Waals surface area contributed by atoms with E-state index in [-0.39, 0.29) is 55.0 Å². The first kappa shape index (κ1) is 46.7. The van der Waals surface area contributed by atoms with Gasteiger partial charge < -0.3 is 34.8 Å². The van der Waals surface area contributed by atoms with E-state index >= 15 is 0 Å². The van der Waals surface area contributed by atoms with Gasteiger partial charge in [-0.05, 0) is 103 Å². The van der Waals surface area contributed by atoms with E-state index in [0.29, 0.717) is 57.4 Å². The van der Waals surface area contributed by atoms with Crippen molar-refractivity contribution in [3.8, 4) is 28.1 Å². The molecule has 6 bridgehead atoms. The molecule has 8 rings (SSSR count). The number of aryl methyl sites for hydroxylation is 1. The normalized spacial score (nSPS) is 22.6. The summed E-state index contributed by atoms with van der Waals surface area (Å²) < 4.78 is 8.45. The minimum absolute atomic E-state index is 0.00508. The number of benzene rings is 2. The Balaban J connectivity index is 1.18. The summed E-state index contributed by atoms with van der Waals surface area (Å²) in [5.41, 5.74) is 10.1. The number of pyridine rings is 1. The summed E-state index contributed by atoms with van der Waals surface area (Å²) in [6, 6.07) is 12.6. The molecule has 3 saturated heterocycles. The highest BCUT2D eigenvalue weighted by Crippen LogP contribution is 2.42. The highest BCUT2D eigenvalue weighted by molar-refractivity contribution is 5.96. The third kappa shape index (κ3) is 9.55. The van der Waals surface area contributed by atoms with E-state index in [0.717, 1.165) is 44.5 Å². The lowest BCUT2D eigenvalue weighted by atomic mass is 9.83. The fourth-order valence-corrected chi connectivity index (χ4v) is 10.3. The minimum atomic E-state index is -1.15. The number of nitrogens with zero attached hydrogens (tertiary/aromatic N) is 5. The Bertz CT molecular complexity index is 2530. The molecule has 4 aromatic rings. The van der Waals surface area contributed by atoms with E-state index in [1.807, 2.05) is 38.2 Å². The van der Waals surface area contributed by atoms with Crippen molar-refractivity contribution in [1.29, 1.82) is 0 Å². The van der Waals surface area contributed by atoms with Crippen molar-refractivity contribution < 1.29 is 33.8 Å². The fourth-order valence-electron chi connectivity index (χ4n) is 10.3. The topological polar surface area (TPSA) is 188 Å². The van der Waals surface area contributed by atoms with Crippen LogP contribution in [0.2, 0.25) is 0 Å². The number of aromatic nitrogens is 2. The molecule has 66 heavy (non-hydrogen) atoms. The maximum absolute atomic E-state index is 14.7. The van der Waals surface area contributed by atoms with Gasteiger partial charge in [-0.15, -0.1) is 0 Å². The van der Waals surface area contributed by atoms with Crippen LogP contribution in [0.3, 0.4) is 0 Å². The number of fused-ring (bicyclic) bond motifs is 6. The number of hydrogen-bond donors (Lipinski definition) is 4. The molecule has 0 radical (unpaired) electrons. The number of ether oxygens (including phenoxy) is 1. The molecule has 15 heteroatoms. The van der Waals surface area contributed by atoms with E-state index < -0.39 is 47.2 Å². The Kier molecular flexibility index (Phi) is 13.3. The van der Waals surface area contributed by atoms with Gasteiger partial charge in [0, 0.05) is 74.3 Å². The molecule has 6 heterocycles. The fraction of sp³-hybridized carbons (Fsp3) is 0.529. The smallest absolute Gasteiger partial charge is 0.324 e. The Morgan fingerprint density at radius 2 is 1.80 bits per heavy atom. The van der Waals surface area contributed by atoms with Crippen LogP contribution in [-0.4, -0.2) is 123 Å². The Labute approximate surface area is 387 Å². The number of phenols is 1. The standard InChI is InChI=1S/C51H66N8O7/c1-9-58-42-15-14-32-24-37(42)38(45(58)36-12-10-17-52-43(36)29(2)3)25-51(6,7)28-66-50(65)39-13-11-18-59(55-39)49(64)40(22-31-20-34(32)23-35(60)21-31)54-46(61)44(30(4)5)56(8)47(62)33-16-19-57(27-33)48(63)41-26-53-41/h10,12,14-15,17,20-21,23-24,29-30,33,39-41,44,53,55,60H,9,11,13,16,18-19,22,25-28H2,1-8H3,(H,54,61)/t33-,39+,40+,41+,44+/m1/s1. The minimum Gasteiger partial charge on any atom is -0.508 e. The first-order valence-corrected chi connectivity index (χ1v) is 23.7. The van der Waals surface area contributed by atoms with E-state index in [1.54, 1.807) is 24.1 Å². The molecule has 4 aliphatic rings. The molecular weight excluding hydrogens is 837 g/mol. The number of carbonyl (C=O) groups excluding carboxylic acids is 5. The van der Waals surface area contributed by atoms with Gasteiger partial charge in [-0.3, -0.25) is 34.0 Å². The van der Waals surface area contributed by atoms with Gasteiger partial charge in [-0.25, -0.2) is 5.43 Å². The number of carbonyl (C=O) groups is 5. The summed E-state index contributed by atoms with van der Waals surface area (Å²) in [6.07, 6.45) is 3.90. The zero-order valence-electron chi connectivity index (χ0n) is 39.6. The summed E-state index contributed by atoms with van der Waals surface area (Å²) in [7, 11) is 1.61. The van der Waals surface area contributed by atoms with Gasteiger partial charge in [0.05, 0.1) is 30.0 Å². The lowest BCUT2D eigenvalue weighted by molar-refractivity contribution is -0.155. The van der Waals surface area contributed by atoms with Crippen molar-refractivity contribution in [3.63, 3.8) is 0 Å². The largest absolute Gasteiger partial charge is 0.508 e. The average Bonchev–Trinajstić information content (AvgIpc) is 3.95. The molecule has 0 aliphatic carbocycles. The summed E-state index contributed by atoms with van der Waals surface area (Å²) in [6.45, 7) is 16.9. The highest BCUT2D eigenvalue weighted by Gasteiger charge is 2.42. The second-order valence-corrected chi connectivity index (χ2v) is 20.2. The SMILES string of the molecule is CCn1c(-c2cccnc2C(C)C)c2c3cc(ccc31)-c1cc(O)cc(c1)C[C@H](NC(=O)[C@H](C(C)C)N(C)C(=O)[C@@H]1CCN(C(=O)[C@@H]3CN3)C1)C(=O)N1CCC[C@H](N1)C(=O)OCC(C)(C)C2. The summed E-state index contributed by atoms with van der Waals surface area (Å²) >= 11 is 0. The lowest BCUT2D eigenvalue weighted by Gasteiger charge is -2.37. The van der Waals surface area contributed by atoms with Gasteiger partial charge >= 0.3 is 5.97 Å². The lowest BCUT2D eigenvalue weighted by Crippen LogP contribution is -2.62. The summed E-state index contributed by atoms with van der Waals surface area (Å²) in [5, 5.41) is 19.8. The number of aromatic hydroxyl groups is 1. The van der Waals surface area contributed by atoms with Crippen LogP contribution in [0.25, 0.3) is 33.3 Å². The van der Waals surface area contributed by atoms with Gasteiger partial charge in [0.15, 0.2) is 0 Å². The number of cyclic esters (lactones) is 1. The molecule has 4 N–H and O–H groups in total. The Hall–Kier alpha value is -5.80. The van der Waals surface area contributed by atoms with Crippen LogP contribution in [-0.2, 0) is 48.1 Å². The number of nitrogens with one attached hydrogen (secondary N) is 3. The number of likely N-dealkylation sites (N-methyl/N-ethyl adjacent to an activating group) is 1. The van der Waals surface area contributed by atoms with Crippen molar-refractivity contribution in [1.82, 2.24) is 40.4 Å². The zero-order valence-corrected chi connectivity index (χ0v) is 39.6. The molecule has 352 valence electrons. The van der Waals surface area contributed by atoms with Gasteiger partial charge in [0.25, 0.3) is 5.91 Å². The van der Waals surface area contributed by atoms with E-state index in [1.165, 1.54) is 9.91 Å². The van der Waals surface area contributed by atoms with Crippen LogP contribution in [0.1, 0.15) is 90.5 Å². The number of rotatable bonds is 9. The first-order chi connectivity index (χ1) is 31.4. The molecule has 15 nitrogen and oxygen atoms in total. The molecule has 4 aliphatic heterocycles. The molecule has 2 aromatic heterocycles. The third-order valence-electron chi connectivity index (χ3n) is 13.7. The molecule has 0 spiro atoms. The molecule has 0 unspecified atom stereocenters. The van der Waals surface area contributed by atoms with Gasteiger partial charge in [-0.1, -0.05) is 53.7 Å². The quantitative estimate of drug-likeness (QED) is 0.129. The van der Waals surface area contributed by atoms with E-state index in [2.05, 4.69) is 73.4 Å². The number of esters is 1. The third-order valence-corrected chi connectivity index (χ3v) is 13.7. The predicted octanol–water partition coefficient (Wildman–Crippen LogP) is 5.17. The summed E-state index contributed by atoms with van der Waals surface area (Å²) in [5.74, 6) is -2.28. The number of hydrogen-bond acceptors (Lipinski definition) is 10.